The van der Waals surface area contributed by atoms with E-state index in [0.29, 0.717) is 12.1 Å². The molecule has 0 radical (unpaired) electrons. The molecule has 0 fully saturated rings. The van der Waals surface area contributed by atoms with E-state index >= 15 is 0 Å². The largest absolute Gasteiger partial charge is 0.467 e. The molecule has 1 aromatic rings. The second-order valence-electron chi connectivity index (χ2n) is 4.83. The first-order valence-electron chi connectivity index (χ1n) is 5.76. The van der Waals surface area contributed by atoms with Crippen LogP contribution in [0.25, 0.3) is 0 Å². The summed E-state index contributed by atoms with van der Waals surface area (Å²) in [6.07, 6.45) is -1.78. The van der Waals surface area contributed by atoms with Crippen LogP contribution in [0.15, 0.2) is 23.1 Å². The summed E-state index contributed by atoms with van der Waals surface area (Å²) in [6, 6.07) is 2.02. The van der Waals surface area contributed by atoms with Gasteiger partial charge in [-0.2, -0.15) is 0 Å². The third-order valence-electron chi connectivity index (χ3n) is 2.71. The van der Waals surface area contributed by atoms with Gasteiger partial charge in [-0.15, -0.1) is 0 Å². The SMILES string of the molecule is COC(=O)C(O)C(C)(C)NS(=O)(=O)c1ccc(F)c(F)c1. The second-order valence-corrected chi connectivity index (χ2v) is 6.51. The number of esters is 1. The molecule has 21 heavy (non-hydrogen) atoms. The van der Waals surface area contributed by atoms with E-state index in [0.717, 1.165) is 13.2 Å². The predicted molar refractivity (Wildman–Crippen MR) is 68.8 cm³/mol. The molecule has 0 amide bonds. The van der Waals surface area contributed by atoms with Crippen molar-refractivity contribution in [2.45, 2.75) is 30.4 Å². The Hall–Kier alpha value is -1.58. The van der Waals surface area contributed by atoms with Crippen LogP contribution in [0, 0.1) is 11.6 Å². The van der Waals surface area contributed by atoms with E-state index in [1.54, 1.807) is 0 Å². The van der Waals surface area contributed by atoms with E-state index in [9.17, 15) is 27.1 Å². The van der Waals surface area contributed by atoms with Gasteiger partial charge in [0.15, 0.2) is 17.7 Å². The average molecular weight is 323 g/mol. The van der Waals surface area contributed by atoms with Gasteiger partial charge in [-0.1, -0.05) is 0 Å². The summed E-state index contributed by atoms with van der Waals surface area (Å²) in [5.74, 6) is -3.56. The van der Waals surface area contributed by atoms with E-state index in [4.69, 9.17) is 0 Å². The van der Waals surface area contributed by atoms with Gasteiger partial charge in [0.25, 0.3) is 0 Å². The van der Waals surface area contributed by atoms with E-state index in [2.05, 4.69) is 4.74 Å². The number of nitrogens with one attached hydrogen (secondary N) is 1. The molecule has 0 aromatic heterocycles. The highest BCUT2D eigenvalue weighted by molar-refractivity contribution is 7.89. The fourth-order valence-corrected chi connectivity index (χ4v) is 2.94. The van der Waals surface area contributed by atoms with Gasteiger partial charge in [-0.25, -0.2) is 26.7 Å². The van der Waals surface area contributed by atoms with E-state index in [1.165, 1.54) is 13.8 Å². The lowest BCUT2D eigenvalue weighted by molar-refractivity contribution is -0.153. The van der Waals surface area contributed by atoms with Gasteiger partial charge in [0.2, 0.25) is 10.0 Å². The minimum atomic E-state index is -4.27. The lowest BCUT2D eigenvalue weighted by Gasteiger charge is -2.29. The van der Waals surface area contributed by atoms with Crippen molar-refractivity contribution < 1.29 is 31.8 Å². The number of hydrogen-bond donors (Lipinski definition) is 2. The van der Waals surface area contributed by atoms with E-state index in [1.807, 2.05) is 4.72 Å². The number of rotatable bonds is 5. The van der Waals surface area contributed by atoms with Crippen molar-refractivity contribution in [2.24, 2.45) is 0 Å². The Bertz CT molecular complexity index is 645. The molecule has 0 spiro atoms. The number of sulfonamides is 1. The molecule has 0 bridgehead atoms. The Balaban J connectivity index is 3.09. The molecule has 1 aromatic carbocycles. The smallest absolute Gasteiger partial charge is 0.336 e. The molecule has 0 heterocycles. The predicted octanol–water partition coefficient (Wildman–Crippen LogP) is 0.556. The topological polar surface area (TPSA) is 92.7 Å². The van der Waals surface area contributed by atoms with Crippen molar-refractivity contribution in [1.29, 1.82) is 0 Å². The minimum Gasteiger partial charge on any atom is -0.467 e. The number of carbonyl (C=O) groups is 1. The molecular weight excluding hydrogens is 308 g/mol. The number of aliphatic hydroxyl groups excluding tert-OH is 1. The number of carbonyl (C=O) groups excluding carboxylic acids is 1. The monoisotopic (exact) mass is 323 g/mol. The fraction of sp³-hybridized carbons (Fsp3) is 0.417. The van der Waals surface area contributed by atoms with Crippen LogP contribution < -0.4 is 4.72 Å². The maximum Gasteiger partial charge on any atom is 0.336 e. The van der Waals surface area contributed by atoms with Crippen LogP contribution in [0.1, 0.15) is 13.8 Å². The Kier molecular flexibility index (Phi) is 5.03. The zero-order valence-corrected chi connectivity index (χ0v) is 12.4. The molecule has 6 nitrogen and oxygen atoms in total. The number of hydrogen-bond acceptors (Lipinski definition) is 5. The molecule has 1 unspecified atom stereocenters. The lowest BCUT2D eigenvalue weighted by Crippen LogP contribution is -2.55. The summed E-state index contributed by atoms with van der Waals surface area (Å²) in [6.45, 7) is 2.48. The quantitative estimate of drug-likeness (QED) is 0.772. The summed E-state index contributed by atoms with van der Waals surface area (Å²) in [5, 5.41) is 9.72. The Morgan fingerprint density at radius 2 is 1.90 bits per heavy atom. The molecule has 0 saturated carbocycles. The average Bonchev–Trinajstić information content (AvgIpc) is 2.38. The maximum absolute atomic E-state index is 13.1. The van der Waals surface area contributed by atoms with Crippen LogP contribution in [0.5, 0.6) is 0 Å². The molecule has 0 aliphatic carbocycles. The zero-order valence-electron chi connectivity index (χ0n) is 11.6. The number of aliphatic hydroxyl groups is 1. The molecule has 0 aliphatic rings. The maximum atomic E-state index is 13.1. The summed E-state index contributed by atoms with van der Waals surface area (Å²) < 4.78 is 56.4. The lowest BCUT2D eigenvalue weighted by atomic mass is 9.99. The minimum absolute atomic E-state index is 0.498. The third kappa shape index (κ3) is 3.96. The van der Waals surface area contributed by atoms with Gasteiger partial charge in [0, 0.05) is 0 Å². The molecular formula is C12H15F2NO5S. The van der Waals surface area contributed by atoms with Crippen molar-refractivity contribution in [3.63, 3.8) is 0 Å². The van der Waals surface area contributed by atoms with E-state index < -0.39 is 44.2 Å². The summed E-state index contributed by atoms with van der Waals surface area (Å²) in [4.78, 5) is 10.7. The summed E-state index contributed by atoms with van der Waals surface area (Å²) in [7, 11) is -3.24. The second kappa shape index (κ2) is 6.04. The van der Waals surface area contributed by atoms with Crippen LogP contribution in [0.3, 0.4) is 0 Å². The first-order valence-corrected chi connectivity index (χ1v) is 7.24. The van der Waals surface area contributed by atoms with Crippen molar-refractivity contribution >= 4 is 16.0 Å². The first-order chi connectivity index (χ1) is 9.51. The molecule has 1 atom stereocenters. The number of ether oxygens (including phenoxy) is 1. The zero-order chi connectivity index (χ0) is 16.4. The van der Waals surface area contributed by atoms with Crippen LogP contribution in [-0.2, 0) is 19.6 Å². The van der Waals surface area contributed by atoms with Crippen molar-refractivity contribution in [3.8, 4) is 0 Å². The number of halogens is 2. The van der Waals surface area contributed by atoms with Gasteiger partial charge < -0.3 is 9.84 Å². The van der Waals surface area contributed by atoms with Crippen molar-refractivity contribution in [2.75, 3.05) is 7.11 Å². The van der Waals surface area contributed by atoms with Gasteiger partial charge in [0.1, 0.15) is 0 Å². The molecule has 118 valence electrons. The molecule has 2 N–H and O–H groups in total. The van der Waals surface area contributed by atoms with Gasteiger partial charge in [-0.3, -0.25) is 0 Å². The van der Waals surface area contributed by atoms with Gasteiger partial charge >= 0.3 is 5.97 Å². The molecule has 0 saturated heterocycles. The van der Waals surface area contributed by atoms with Crippen molar-refractivity contribution in [3.05, 3.63) is 29.8 Å². The van der Waals surface area contributed by atoms with Gasteiger partial charge in [-0.05, 0) is 32.0 Å². The van der Waals surface area contributed by atoms with Crippen LogP contribution in [0.4, 0.5) is 8.78 Å². The summed E-state index contributed by atoms with van der Waals surface area (Å²) in [5.41, 5.74) is -1.61. The Morgan fingerprint density at radius 1 is 1.33 bits per heavy atom. The highest BCUT2D eigenvalue weighted by Gasteiger charge is 2.38. The fourth-order valence-electron chi connectivity index (χ4n) is 1.51. The highest BCUT2D eigenvalue weighted by Crippen LogP contribution is 2.18. The standard InChI is InChI=1S/C12H15F2NO5S/c1-12(2,10(16)11(17)20-3)15-21(18,19)7-4-5-8(13)9(14)6-7/h4-6,10,15-16H,1-3H3. The molecule has 1 rings (SSSR count). The summed E-state index contributed by atoms with van der Waals surface area (Å²) >= 11 is 0. The van der Waals surface area contributed by atoms with Crippen molar-refractivity contribution in [1.82, 2.24) is 4.72 Å². The van der Waals surface area contributed by atoms with Gasteiger partial charge in [0.05, 0.1) is 17.5 Å². The third-order valence-corrected chi connectivity index (χ3v) is 4.38. The normalized spacial score (nSPS) is 13.8. The van der Waals surface area contributed by atoms with Crippen LogP contribution in [0.2, 0.25) is 0 Å². The number of methoxy groups -OCH3 is 1. The van der Waals surface area contributed by atoms with Crippen LogP contribution in [-0.4, -0.2) is 38.2 Å². The first kappa shape index (κ1) is 17.5. The Morgan fingerprint density at radius 3 is 2.38 bits per heavy atom. The van der Waals surface area contributed by atoms with E-state index in [-0.39, 0.29) is 0 Å². The molecule has 0 aliphatic heterocycles. The highest BCUT2D eigenvalue weighted by atomic mass is 32.2. The Labute approximate surface area is 120 Å². The number of benzene rings is 1. The molecule has 9 heteroatoms. The van der Waals surface area contributed by atoms with Crippen LogP contribution >= 0.6 is 0 Å².